The third-order valence-electron chi connectivity index (χ3n) is 7.44. The number of hydrogen-bond acceptors (Lipinski definition) is 4. The van der Waals surface area contributed by atoms with Crippen molar-refractivity contribution < 1.29 is 14.1 Å². The first kappa shape index (κ1) is 21.0. The van der Waals surface area contributed by atoms with E-state index in [0.717, 1.165) is 19.4 Å². The molecule has 3 rings (SSSR count). The van der Waals surface area contributed by atoms with Gasteiger partial charge in [-0.05, 0) is 49.9 Å². The number of carbonyl (C=O) groups is 1. The van der Waals surface area contributed by atoms with E-state index < -0.39 is 8.32 Å². The molecular formula is C21H38N2O3Si. The molecule has 5 nitrogen and oxygen atoms in total. The monoisotopic (exact) mass is 394 g/mol. The highest BCUT2D eigenvalue weighted by Crippen LogP contribution is 2.46. The summed E-state index contributed by atoms with van der Waals surface area (Å²) in [6, 6.07) is 0.355. The summed E-state index contributed by atoms with van der Waals surface area (Å²) in [5.41, 5.74) is 0. The van der Waals surface area contributed by atoms with Crippen molar-refractivity contribution in [3.63, 3.8) is 0 Å². The van der Waals surface area contributed by atoms with E-state index in [9.17, 15) is 4.79 Å². The van der Waals surface area contributed by atoms with Gasteiger partial charge < -0.3 is 4.43 Å². The second-order valence-corrected chi connectivity index (χ2v) is 14.8. The highest BCUT2D eigenvalue weighted by molar-refractivity contribution is 6.74. The van der Waals surface area contributed by atoms with Crippen molar-refractivity contribution in [2.75, 3.05) is 20.7 Å². The van der Waals surface area contributed by atoms with Crippen LogP contribution in [0.5, 0.6) is 0 Å². The van der Waals surface area contributed by atoms with Crippen LogP contribution < -0.4 is 0 Å². The van der Waals surface area contributed by atoms with Crippen molar-refractivity contribution in [2.24, 2.45) is 11.8 Å². The number of nitrogens with zero attached hydrogens (tertiary/aromatic N) is 2. The lowest BCUT2D eigenvalue weighted by molar-refractivity contribution is -0.174. The normalized spacial score (nSPS) is 34.3. The third kappa shape index (κ3) is 3.91. The smallest absolute Gasteiger partial charge is 0.263 e. The fraction of sp³-hybridized carbons (Fsp3) is 0.857. The first-order chi connectivity index (χ1) is 12.6. The average Bonchev–Trinajstić information content (AvgIpc) is 2.80. The van der Waals surface area contributed by atoms with E-state index in [1.54, 1.807) is 14.2 Å². The van der Waals surface area contributed by atoms with E-state index >= 15 is 0 Å². The summed E-state index contributed by atoms with van der Waals surface area (Å²) in [5, 5.41) is 1.60. The molecular weight excluding hydrogens is 356 g/mol. The van der Waals surface area contributed by atoms with Gasteiger partial charge >= 0.3 is 0 Å². The summed E-state index contributed by atoms with van der Waals surface area (Å²) >= 11 is 0. The number of hydroxylamine groups is 2. The van der Waals surface area contributed by atoms with Gasteiger partial charge in [0, 0.05) is 19.0 Å². The molecule has 2 aliphatic heterocycles. The molecule has 1 aliphatic carbocycles. The quantitative estimate of drug-likeness (QED) is 0.413. The van der Waals surface area contributed by atoms with Gasteiger partial charge in [0.1, 0.15) is 0 Å². The largest absolute Gasteiger partial charge is 0.410 e. The van der Waals surface area contributed by atoms with E-state index in [1.807, 2.05) is 0 Å². The van der Waals surface area contributed by atoms with Crippen molar-refractivity contribution in [1.29, 1.82) is 0 Å². The Bertz CT molecular complexity index is 586. The second kappa shape index (κ2) is 7.62. The zero-order chi connectivity index (χ0) is 20.0. The third-order valence-corrected chi connectivity index (χ3v) is 11.9. The van der Waals surface area contributed by atoms with Gasteiger partial charge in [0.15, 0.2) is 8.32 Å². The minimum atomic E-state index is -1.84. The van der Waals surface area contributed by atoms with Crippen molar-refractivity contribution in [1.82, 2.24) is 9.96 Å². The van der Waals surface area contributed by atoms with Gasteiger partial charge in [0.2, 0.25) is 0 Å². The Morgan fingerprint density at radius 1 is 1.22 bits per heavy atom. The van der Waals surface area contributed by atoms with E-state index in [1.165, 1.54) is 17.9 Å². The summed E-state index contributed by atoms with van der Waals surface area (Å²) in [6.07, 6.45) is 9.32. The first-order valence-corrected chi connectivity index (χ1v) is 13.4. The van der Waals surface area contributed by atoms with Crippen LogP contribution in [0.2, 0.25) is 18.1 Å². The molecule has 0 radical (unpaired) electrons. The number of carbonyl (C=O) groups excluding carboxylic acids is 1. The molecule has 6 heteroatoms. The molecule has 0 saturated carbocycles. The van der Waals surface area contributed by atoms with Gasteiger partial charge in [-0.2, -0.15) is 0 Å². The highest BCUT2D eigenvalue weighted by atomic mass is 28.4. The van der Waals surface area contributed by atoms with Crippen molar-refractivity contribution >= 4 is 14.2 Å². The minimum absolute atomic E-state index is 0.0678. The Balaban J connectivity index is 1.85. The van der Waals surface area contributed by atoms with Crippen LogP contribution in [-0.2, 0) is 14.1 Å². The molecule has 2 fully saturated rings. The van der Waals surface area contributed by atoms with E-state index in [4.69, 9.17) is 9.26 Å². The fourth-order valence-corrected chi connectivity index (χ4v) is 6.12. The van der Waals surface area contributed by atoms with Crippen molar-refractivity contribution in [3.8, 4) is 0 Å². The maximum Gasteiger partial charge on any atom is 0.263 e. The molecule has 2 saturated heterocycles. The maximum atomic E-state index is 12.9. The minimum Gasteiger partial charge on any atom is -0.410 e. The Kier molecular flexibility index (Phi) is 5.93. The zero-order valence-corrected chi connectivity index (χ0v) is 19.2. The van der Waals surface area contributed by atoms with Crippen LogP contribution in [0.4, 0.5) is 0 Å². The predicted molar refractivity (Wildman–Crippen MR) is 111 cm³/mol. The molecule has 1 amide bonds. The van der Waals surface area contributed by atoms with E-state index in [0.29, 0.717) is 17.9 Å². The van der Waals surface area contributed by atoms with Crippen LogP contribution in [0.25, 0.3) is 0 Å². The fourth-order valence-electron chi connectivity index (χ4n) is 4.83. The van der Waals surface area contributed by atoms with E-state index in [2.05, 4.69) is 50.9 Å². The van der Waals surface area contributed by atoms with Crippen LogP contribution >= 0.6 is 0 Å². The summed E-state index contributed by atoms with van der Waals surface area (Å²) in [5.74, 6) is 1.02. The van der Waals surface area contributed by atoms with Crippen LogP contribution in [0.1, 0.15) is 46.5 Å². The molecule has 0 spiro atoms. The van der Waals surface area contributed by atoms with Crippen LogP contribution in [0.15, 0.2) is 12.2 Å². The maximum absolute atomic E-state index is 12.9. The van der Waals surface area contributed by atoms with Gasteiger partial charge in [0.05, 0.1) is 19.3 Å². The lowest BCUT2D eigenvalue weighted by Gasteiger charge is -2.45. The zero-order valence-electron chi connectivity index (χ0n) is 18.2. The lowest BCUT2D eigenvalue weighted by atomic mass is 9.78. The summed E-state index contributed by atoms with van der Waals surface area (Å²) in [4.78, 5) is 20.6. The molecule has 0 aromatic heterocycles. The standard InChI is InChI=1S/C21H38N2O3Si/c1-21(2,3)27(6,7)26-18-12-11-15-14-17(20(24)22(4)25-5)23-13-9-8-10-16(18)19(15)23/h11-12,15-19H,8-10,13-14H2,1-7H3/t15-,16+,17-,18+,19-/m0/s1. The Hall–Kier alpha value is -0.693. The number of hydrogen-bond donors (Lipinski definition) is 0. The SMILES string of the molecule is CON(C)C(=O)[C@@H]1C[C@@H]2C=C[C@@H](O[Si](C)(C)C(C)(C)C)[C@H]3CCCCN1[C@H]32. The topological polar surface area (TPSA) is 42.0 Å². The molecule has 27 heavy (non-hydrogen) atoms. The molecule has 0 aromatic carbocycles. The van der Waals surface area contributed by atoms with E-state index in [-0.39, 0.29) is 23.1 Å². The van der Waals surface area contributed by atoms with Crippen LogP contribution in [-0.4, -0.2) is 63.1 Å². The first-order valence-electron chi connectivity index (χ1n) is 10.5. The van der Waals surface area contributed by atoms with Gasteiger partial charge in [0.25, 0.3) is 5.91 Å². The van der Waals surface area contributed by atoms with Gasteiger partial charge in [-0.25, -0.2) is 5.06 Å². The average molecular weight is 395 g/mol. The molecule has 0 bridgehead atoms. The molecule has 3 aliphatic rings. The number of rotatable bonds is 4. The molecule has 0 unspecified atom stereocenters. The van der Waals surface area contributed by atoms with Gasteiger partial charge in [-0.1, -0.05) is 39.3 Å². The molecule has 0 N–H and O–H groups in total. The summed E-state index contributed by atoms with van der Waals surface area (Å²) in [6.45, 7) is 12.6. The summed E-state index contributed by atoms with van der Waals surface area (Å²) < 4.78 is 6.86. The highest BCUT2D eigenvalue weighted by Gasteiger charge is 2.52. The number of amides is 1. The Labute approximate surface area is 166 Å². The Morgan fingerprint density at radius 2 is 1.93 bits per heavy atom. The predicted octanol–water partition coefficient (Wildman–Crippen LogP) is 3.83. The van der Waals surface area contributed by atoms with Crippen LogP contribution in [0, 0.1) is 11.8 Å². The number of likely N-dealkylation sites (N-methyl/N-ethyl adjacent to an activating group) is 1. The lowest BCUT2D eigenvalue weighted by Crippen LogP contribution is -2.53. The van der Waals surface area contributed by atoms with Gasteiger partial charge in [-0.3, -0.25) is 14.5 Å². The molecule has 5 atom stereocenters. The second-order valence-electron chi connectivity index (χ2n) is 10.0. The van der Waals surface area contributed by atoms with Crippen molar-refractivity contribution in [3.05, 3.63) is 12.2 Å². The molecule has 2 heterocycles. The molecule has 154 valence electrons. The Morgan fingerprint density at radius 3 is 2.56 bits per heavy atom. The van der Waals surface area contributed by atoms with Gasteiger partial charge in [-0.15, -0.1) is 0 Å². The molecule has 0 aromatic rings. The van der Waals surface area contributed by atoms with Crippen molar-refractivity contribution in [2.45, 2.75) is 82.8 Å². The van der Waals surface area contributed by atoms with Crippen LogP contribution in [0.3, 0.4) is 0 Å². The summed E-state index contributed by atoms with van der Waals surface area (Å²) in [7, 11) is 1.45.